The molecule has 3 N–H and O–H groups in total. The number of rotatable bonds is 4. The quantitative estimate of drug-likeness (QED) is 0.639. The van der Waals surface area contributed by atoms with Crippen LogP contribution in [-0.2, 0) is 6.42 Å². The highest BCUT2D eigenvalue weighted by molar-refractivity contribution is 9.10. The molecule has 1 unspecified atom stereocenters. The smallest absolute Gasteiger partial charge is 0.0314 e. The molecule has 0 aromatic carbocycles. The van der Waals surface area contributed by atoms with Gasteiger partial charge in [0.2, 0.25) is 0 Å². The number of hydrogen-bond donors (Lipinski definition) is 2. The standard InChI is InChI=1S/C14H23BrN2S/c15-12-8-9-18-14(12)10-13(17-16)11-6-4-2-1-3-5-7-11/h8-9,11,13,17H,1-7,10,16H2. The van der Waals surface area contributed by atoms with Crippen molar-refractivity contribution in [1.82, 2.24) is 5.43 Å². The zero-order valence-electron chi connectivity index (χ0n) is 10.8. The van der Waals surface area contributed by atoms with E-state index in [1.165, 1.54) is 54.3 Å². The lowest BCUT2D eigenvalue weighted by Crippen LogP contribution is -2.42. The molecule has 1 aliphatic rings. The van der Waals surface area contributed by atoms with E-state index in [1.807, 2.05) is 11.3 Å². The minimum absolute atomic E-state index is 0.429. The number of thiophene rings is 1. The van der Waals surface area contributed by atoms with Crippen LogP contribution in [0, 0.1) is 5.92 Å². The molecule has 0 bridgehead atoms. The van der Waals surface area contributed by atoms with Crippen molar-refractivity contribution in [3.8, 4) is 0 Å². The van der Waals surface area contributed by atoms with Gasteiger partial charge in [0.05, 0.1) is 0 Å². The fourth-order valence-corrected chi connectivity index (χ4v) is 4.50. The van der Waals surface area contributed by atoms with Crippen LogP contribution in [0.15, 0.2) is 15.9 Å². The molecule has 0 aliphatic heterocycles. The van der Waals surface area contributed by atoms with Gasteiger partial charge in [-0.05, 0) is 52.6 Å². The van der Waals surface area contributed by atoms with Crippen LogP contribution in [0.4, 0.5) is 0 Å². The van der Waals surface area contributed by atoms with Gasteiger partial charge in [-0.1, -0.05) is 32.1 Å². The van der Waals surface area contributed by atoms with Crippen LogP contribution in [0.2, 0.25) is 0 Å². The van der Waals surface area contributed by atoms with Crippen molar-refractivity contribution in [2.24, 2.45) is 11.8 Å². The molecular weight excluding hydrogens is 308 g/mol. The molecule has 0 amide bonds. The van der Waals surface area contributed by atoms with E-state index < -0.39 is 0 Å². The summed E-state index contributed by atoms with van der Waals surface area (Å²) in [7, 11) is 0. The van der Waals surface area contributed by atoms with E-state index >= 15 is 0 Å². The highest BCUT2D eigenvalue weighted by Gasteiger charge is 2.22. The first-order chi connectivity index (χ1) is 8.81. The topological polar surface area (TPSA) is 38.0 Å². The zero-order valence-corrected chi connectivity index (χ0v) is 13.2. The van der Waals surface area contributed by atoms with Gasteiger partial charge >= 0.3 is 0 Å². The summed E-state index contributed by atoms with van der Waals surface area (Å²) in [6.45, 7) is 0. The van der Waals surface area contributed by atoms with Gasteiger partial charge in [0.25, 0.3) is 0 Å². The normalized spacial score (nSPS) is 20.3. The Bertz CT molecular complexity index is 345. The Morgan fingerprint density at radius 3 is 2.50 bits per heavy atom. The van der Waals surface area contributed by atoms with Gasteiger partial charge in [0.15, 0.2) is 0 Å². The van der Waals surface area contributed by atoms with Crippen LogP contribution < -0.4 is 11.3 Å². The Hall–Kier alpha value is 0.100. The van der Waals surface area contributed by atoms with Crippen molar-refractivity contribution in [2.75, 3.05) is 0 Å². The Labute approximate surface area is 122 Å². The maximum absolute atomic E-state index is 5.80. The molecule has 2 nitrogen and oxygen atoms in total. The number of hydrazine groups is 1. The first kappa shape index (κ1) is 14.5. The molecule has 1 fully saturated rings. The molecule has 0 spiro atoms. The molecule has 2 rings (SSSR count). The summed E-state index contributed by atoms with van der Waals surface area (Å²) in [6.07, 6.45) is 10.7. The summed E-state index contributed by atoms with van der Waals surface area (Å²) in [5, 5.41) is 2.14. The molecule has 18 heavy (non-hydrogen) atoms. The van der Waals surface area contributed by atoms with Crippen molar-refractivity contribution in [2.45, 2.75) is 57.4 Å². The van der Waals surface area contributed by atoms with Crippen LogP contribution in [0.25, 0.3) is 0 Å². The second-order valence-electron chi connectivity index (χ2n) is 5.27. The van der Waals surface area contributed by atoms with Crippen molar-refractivity contribution in [1.29, 1.82) is 0 Å². The molecule has 1 aromatic heterocycles. The molecule has 1 heterocycles. The molecule has 4 heteroatoms. The summed E-state index contributed by atoms with van der Waals surface area (Å²) >= 11 is 5.44. The van der Waals surface area contributed by atoms with Crippen LogP contribution in [-0.4, -0.2) is 6.04 Å². The second kappa shape index (κ2) is 7.63. The summed E-state index contributed by atoms with van der Waals surface area (Å²) < 4.78 is 1.23. The van der Waals surface area contributed by atoms with Gasteiger partial charge in [-0.3, -0.25) is 11.3 Å². The van der Waals surface area contributed by atoms with Gasteiger partial charge < -0.3 is 0 Å². The molecule has 1 saturated carbocycles. The van der Waals surface area contributed by atoms with Crippen LogP contribution >= 0.6 is 27.3 Å². The summed E-state index contributed by atoms with van der Waals surface area (Å²) in [5.41, 5.74) is 3.07. The predicted molar refractivity (Wildman–Crippen MR) is 82.6 cm³/mol. The van der Waals surface area contributed by atoms with Gasteiger partial charge in [-0.15, -0.1) is 11.3 Å². The Morgan fingerprint density at radius 2 is 1.94 bits per heavy atom. The number of nitrogens with one attached hydrogen (secondary N) is 1. The van der Waals surface area contributed by atoms with E-state index in [-0.39, 0.29) is 0 Å². The minimum Gasteiger partial charge on any atom is -0.271 e. The Morgan fingerprint density at radius 1 is 1.28 bits per heavy atom. The SMILES string of the molecule is NNC(Cc1sccc1Br)C1CCCCCCC1. The van der Waals surface area contributed by atoms with E-state index in [2.05, 4.69) is 32.8 Å². The first-order valence-electron chi connectivity index (χ1n) is 6.99. The van der Waals surface area contributed by atoms with E-state index in [4.69, 9.17) is 5.84 Å². The Kier molecular flexibility index (Phi) is 6.15. The lowest BCUT2D eigenvalue weighted by Gasteiger charge is -2.28. The molecular formula is C14H23BrN2S. The zero-order chi connectivity index (χ0) is 12.8. The van der Waals surface area contributed by atoms with E-state index in [0.29, 0.717) is 6.04 Å². The average molecular weight is 331 g/mol. The lowest BCUT2D eigenvalue weighted by molar-refractivity contribution is 0.286. The first-order valence-corrected chi connectivity index (χ1v) is 8.66. The van der Waals surface area contributed by atoms with Gasteiger partial charge in [0, 0.05) is 15.4 Å². The molecule has 0 radical (unpaired) electrons. The molecule has 0 saturated heterocycles. The third-order valence-electron chi connectivity index (χ3n) is 4.03. The predicted octanol–water partition coefficient (Wildman–Crippen LogP) is 4.25. The van der Waals surface area contributed by atoms with Gasteiger partial charge in [-0.25, -0.2) is 0 Å². The maximum Gasteiger partial charge on any atom is 0.0314 e. The summed E-state index contributed by atoms with van der Waals surface area (Å²) in [5.74, 6) is 6.54. The molecule has 1 atom stereocenters. The van der Waals surface area contributed by atoms with E-state index in [1.54, 1.807) is 0 Å². The van der Waals surface area contributed by atoms with Gasteiger partial charge in [-0.2, -0.15) is 0 Å². The highest BCUT2D eigenvalue weighted by atomic mass is 79.9. The fraction of sp³-hybridized carbons (Fsp3) is 0.714. The Balaban J connectivity index is 1.95. The molecule has 1 aromatic rings. The van der Waals surface area contributed by atoms with E-state index in [9.17, 15) is 0 Å². The van der Waals surface area contributed by atoms with E-state index in [0.717, 1.165) is 12.3 Å². The minimum atomic E-state index is 0.429. The third kappa shape index (κ3) is 4.05. The maximum atomic E-state index is 5.80. The highest BCUT2D eigenvalue weighted by Crippen LogP contribution is 2.30. The van der Waals surface area contributed by atoms with Crippen LogP contribution in [0.5, 0.6) is 0 Å². The largest absolute Gasteiger partial charge is 0.271 e. The molecule has 102 valence electrons. The monoisotopic (exact) mass is 330 g/mol. The average Bonchev–Trinajstić information content (AvgIpc) is 2.72. The van der Waals surface area contributed by atoms with Gasteiger partial charge in [0.1, 0.15) is 0 Å². The third-order valence-corrected chi connectivity index (χ3v) is 5.98. The number of nitrogens with two attached hydrogens (primary N) is 1. The number of hydrogen-bond acceptors (Lipinski definition) is 3. The van der Waals surface area contributed by atoms with Crippen LogP contribution in [0.3, 0.4) is 0 Å². The second-order valence-corrected chi connectivity index (χ2v) is 7.13. The van der Waals surface area contributed by atoms with Crippen molar-refractivity contribution < 1.29 is 0 Å². The summed E-state index contributed by atoms with van der Waals surface area (Å²) in [4.78, 5) is 1.42. The number of halogens is 1. The van der Waals surface area contributed by atoms with Crippen molar-refractivity contribution in [3.05, 3.63) is 20.8 Å². The van der Waals surface area contributed by atoms with Crippen molar-refractivity contribution in [3.63, 3.8) is 0 Å². The van der Waals surface area contributed by atoms with Crippen molar-refractivity contribution >= 4 is 27.3 Å². The summed E-state index contributed by atoms with van der Waals surface area (Å²) in [6, 6.07) is 2.56. The molecule has 1 aliphatic carbocycles. The fourth-order valence-electron chi connectivity index (χ4n) is 2.92. The van der Waals surface area contributed by atoms with Crippen LogP contribution in [0.1, 0.15) is 49.8 Å². The lowest BCUT2D eigenvalue weighted by atomic mass is 9.84.